The van der Waals surface area contributed by atoms with Gasteiger partial charge in [0.2, 0.25) is 0 Å². The summed E-state index contributed by atoms with van der Waals surface area (Å²) in [5.74, 6) is 2.51. The maximum absolute atomic E-state index is 5.94. The highest BCUT2D eigenvalue weighted by Crippen LogP contribution is 2.29. The molecule has 0 bridgehead atoms. The van der Waals surface area contributed by atoms with E-state index in [-0.39, 0.29) is 0 Å². The largest absolute Gasteiger partial charge is 0.356 e. The van der Waals surface area contributed by atoms with Crippen molar-refractivity contribution in [2.45, 2.75) is 52.0 Å². The van der Waals surface area contributed by atoms with Gasteiger partial charge >= 0.3 is 0 Å². The SMILES string of the molecule is CCc1cc(N(C)C2CCCCC2CN)nc(C)n1. The summed E-state index contributed by atoms with van der Waals surface area (Å²) >= 11 is 0. The molecular formula is C15H26N4. The van der Waals surface area contributed by atoms with E-state index in [1.54, 1.807) is 0 Å². The van der Waals surface area contributed by atoms with E-state index in [2.05, 4.69) is 34.9 Å². The van der Waals surface area contributed by atoms with E-state index in [9.17, 15) is 0 Å². The molecule has 106 valence electrons. The zero-order valence-electron chi connectivity index (χ0n) is 12.4. The molecule has 1 aliphatic rings. The van der Waals surface area contributed by atoms with Crippen LogP contribution >= 0.6 is 0 Å². The molecule has 2 rings (SSSR count). The molecule has 0 amide bonds. The summed E-state index contributed by atoms with van der Waals surface area (Å²) in [6.45, 7) is 4.88. The average molecular weight is 262 g/mol. The first-order chi connectivity index (χ1) is 9.15. The summed E-state index contributed by atoms with van der Waals surface area (Å²) < 4.78 is 0. The highest BCUT2D eigenvalue weighted by atomic mass is 15.2. The fourth-order valence-corrected chi connectivity index (χ4v) is 3.12. The summed E-state index contributed by atoms with van der Waals surface area (Å²) in [7, 11) is 2.15. The first-order valence-electron chi connectivity index (χ1n) is 7.43. The number of rotatable bonds is 4. The van der Waals surface area contributed by atoms with Crippen molar-refractivity contribution in [2.75, 3.05) is 18.5 Å². The lowest BCUT2D eigenvalue weighted by atomic mass is 9.84. The summed E-state index contributed by atoms with van der Waals surface area (Å²) in [5, 5.41) is 0. The van der Waals surface area contributed by atoms with E-state index in [1.807, 2.05) is 6.92 Å². The van der Waals surface area contributed by atoms with E-state index in [0.717, 1.165) is 30.3 Å². The predicted molar refractivity (Wildman–Crippen MR) is 79.4 cm³/mol. The molecule has 0 radical (unpaired) electrons. The fraction of sp³-hybridized carbons (Fsp3) is 0.733. The highest BCUT2D eigenvalue weighted by molar-refractivity contribution is 5.40. The number of nitrogens with zero attached hydrogens (tertiary/aromatic N) is 3. The summed E-state index contributed by atoms with van der Waals surface area (Å²) in [5.41, 5.74) is 7.06. The number of anilines is 1. The maximum atomic E-state index is 5.94. The Bertz CT molecular complexity index is 419. The molecule has 2 N–H and O–H groups in total. The van der Waals surface area contributed by atoms with Crippen molar-refractivity contribution in [3.8, 4) is 0 Å². The minimum absolute atomic E-state index is 0.526. The zero-order valence-corrected chi connectivity index (χ0v) is 12.4. The Balaban J connectivity index is 2.22. The van der Waals surface area contributed by atoms with Crippen LogP contribution in [0.2, 0.25) is 0 Å². The second-order valence-electron chi connectivity index (χ2n) is 5.58. The van der Waals surface area contributed by atoms with E-state index in [1.165, 1.54) is 25.7 Å². The molecule has 0 spiro atoms. The topological polar surface area (TPSA) is 55.0 Å². The molecule has 4 nitrogen and oxygen atoms in total. The lowest BCUT2D eigenvalue weighted by molar-refractivity contribution is 0.305. The molecule has 1 heterocycles. The van der Waals surface area contributed by atoms with Gasteiger partial charge in [0.05, 0.1) is 0 Å². The van der Waals surface area contributed by atoms with Crippen LogP contribution in [0.4, 0.5) is 5.82 Å². The van der Waals surface area contributed by atoms with Crippen molar-refractivity contribution in [2.24, 2.45) is 11.7 Å². The summed E-state index contributed by atoms with van der Waals surface area (Å²) in [6, 6.07) is 2.65. The fourth-order valence-electron chi connectivity index (χ4n) is 3.12. The first kappa shape index (κ1) is 14.3. The van der Waals surface area contributed by atoms with Gasteiger partial charge in [-0.1, -0.05) is 19.8 Å². The van der Waals surface area contributed by atoms with Crippen LogP contribution in [0.1, 0.15) is 44.1 Å². The van der Waals surface area contributed by atoms with Crippen LogP contribution in [0.3, 0.4) is 0 Å². The number of hydrogen-bond donors (Lipinski definition) is 1. The minimum atomic E-state index is 0.526. The van der Waals surface area contributed by atoms with Crippen LogP contribution < -0.4 is 10.6 Å². The molecule has 1 aliphatic carbocycles. The Morgan fingerprint density at radius 1 is 1.32 bits per heavy atom. The lowest BCUT2D eigenvalue weighted by Gasteiger charge is -2.38. The van der Waals surface area contributed by atoms with Gasteiger partial charge in [0.25, 0.3) is 0 Å². The van der Waals surface area contributed by atoms with Crippen molar-refractivity contribution in [3.05, 3.63) is 17.6 Å². The summed E-state index contributed by atoms with van der Waals surface area (Å²) in [6.07, 6.45) is 6.04. The normalized spacial score (nSPS) is 23.4. The molecule has 0 aromatic carbocycles. The number of aromatic nitrogens is 2. The maximum Gasteiger partial charge on any atom is 0.132 e. The summed E-state index contributed by atoms with van der Waals surface area (Å²) in [4.78, 5) is 11.4. The number of aryl methyl sites for hydroxylation is 2. The first-order valence-corrected chi connectivity index (χ1v) is 7.43. The van der Waals surface area contributed by atoms with Crippen LogP contribution in [0, 0.1) is 12.8 Å². The van der Waals surface area contributed by atoms with Crippen molar-refractivity contribution in [3.63, 3.8) is 0 Å². The van der Waals surface area contributed by atoms with E-state index < -0.39 is 0 Å². The monoisotopic (exact) mass is 262 g/mol. The van der Waals surface area contributed by atoms with Gasteiger partial charge in [0, 0.05) is 24.8 Å². The van der Waals surface area contributed by atoms with Crippen LogP contribution in [-0.2, 0) is 6.42 Å². The molecule has 2 unspecified atom stereocenters. The second kappa shape index (κ2) is 6.33. The van der Waals surface area contributed by atoms with Crippen molar-refractivity contribution >= 4 is 5.82 Å². The lowest BCUT2D eigenvalue weighted by Crippen LogP contribution is -2.43. The molecule has 2 atom stereocenters. The highest BCUT2D eigenvalue weighted by Gasteiger charge is 2.28. The van der Waals surface area contributed by atoms with Gasteiger partial charge in [-0.3, -0.25) is 0 Å². The number of hydrogen-bond acceptors (Lipinski definition) is 4. The smallest absolute Gasteiger partial charge is 0.132 e. The quantitative estimate of drug-likeness (QED) is 0.904. The van der Waals surface area contributed by atoms with E-state index in [0.29, 0.717) is 12.0 Å². The zero-order chi connectivity index (χ0) is 13.8. The van der Waals surface area contributed by atoms with Gasteiger partial charge in [-0.05, 0) is 38.6 Å². The molecule has 1 saturated carbocycles. The molecule has 1 aromatic heterocycles. The third-order valence-corrected chi connectivity index (χ3v) is 4.27. The Labute approximate surface area is 116 Å². The Kier molecular flexibility index (Phi) is 4.75. The number of nitrogens with two attached hydrogens (primary N) is 1. The van der Waals surface area contributed by atoms with Crippen LogP contribution in [-0.4, -0.2) is 29.6 Å². The molecule has 1 fully saturated rings. The van der Waals surface area contributed by atoms with Gasteiger partial charge in [0.15, 0.2) is 0 Å². The van der Waals surface area contributed by atoms with Crippen LogP contribution in [0.25, 0.3) is 0 Å². The third kappa shape index (κ3) is 3.24. The van der Waals surface area contributed by atoms with Crippen LogP contribution in [0.5, 0.6) is 0 Å². The van der Waals surface area contributed by atoms with Crippen molar-refractivity contribution in [1.82, 2.24) is 9.97 Å². The molecule has 19 heavy (non-hydrogen) atoms. The van der Waals surface area contributed by atoms with Gasteiger partial charge in [0.1, 0.15) is 11.6 Å². The van der Waals surface area contributed by atoms with Crippen molar-refractivity contribution < 1.29 is 0 Å². The van der Waals surface area contributed by atoms with Gasteiger partial charge in [-0.2, -0.15) is 0 Å². The molecule has 0 aliphatic heterocycles. The standard InChI is InChI=1S/C15H26N4/c1-4-13-9-15(18-11(2)17-13)19(3)14-8-6-5-7-12(14)10-16/h9,12,14H,4-8,10,16H2,1-3H3. The van der Waals surface area contributed by atoms with E-state index >= 15 is 0 Å². The molecular weight excluding hydrogens is 236 g/mol. The Morgan fingerprint density at radius 3 is 2.74 bits per heavy atom. The van der Waals surface area contributed by atoms with Gasteiger partial charge < -0.3 is 10.6 Å². The predicted octanol–water partition coefficient (Wildman–Crippen LogP) is 2.30. The van der Waals surface area contributed by atoms with Gasteiger partial charge in [-0.25, -0.2) is 9.97 Å². The molecule has 1 aromatic rings. The Morgan fingerprint density at radius 2 is 2.05 bits per heavy atom. The van der Waals surface area contributed by atoms with Crippen LogP contribution in [0.15, 0.2) is 6.07 Å². The molecule has 0 saturated heterocycles. The van der Waals surface area contributed by atoms with Gasteiger partial charge in [-0.15, -0.1) is 0 Å². The third-order valence-electron chi connectivity index (χ3n) is 4.27. The second-order valence-corrected chi connectivity index (χ2v) is 5.58. The Hall–Kier alpha value is -1.16. The average Bonchev–Trinajstić information content (AvgIpc) is 2.45. The molecule has 4 heteroatoms. The van der Waals surface area contributed by atoms with E-state index in [4.69, 9.17) is 5.73 Å². The van der Waals surface area contributed by atoms with Crippen molar-refractivity contribution in [1.29, 1.82) is 0 Å². The minimum Gasteiger partial charge on any atom is -0.356 e.